The molecule has 0 fully saturated rings. The second kappa shape index (κ2) is 6.97. The Hall–Kier alpha value is -3.47. The van der Waals surface area contributed by atoms with Crippen LogP contribution in [0.4, 0.5) is 11.4 Å². The van der Waals surface area contributed by atoms with Crippen LogP contribution in [-0.2, 0) is 4.74 Å². The molecule has 5 nitrogen and oxygen atoms in total. The number of para-hydroxylation sites is 2. The van der Waals surface area contributed by atoms with Gasteiger partial charge in [-0.15, -0.1) is 0 Å². The number of rotatable bonds is 4. The smallest absolute Gasteiger partial charge is 0.341 e. The number of hydrogen-bond acceptors (Lipinski definition) is 5. The zero-order valence-electron chi connectivity index (χ0n) is 13.6. The van der Waals surface area contributed by atoms with Gasteiger partial charge in [-0.05, 0) is 35.4 Å². The number of carbonyl (C=O) groups is 1. The van der Waals surface area contributed by atoms with E-state index in [0.29, 0.717) is 11.4 Å². The SMILES string of the molecule is COC(=O)c1cc(-c2ccccc2)cc(Nc2ccccc2O)c1O. The fourth-order valence-corrected chi connectivity index (χ4v) is 2.52. The van der Waals surface area contributed by atoms with E-state index < -0.39 is 5.97 Å². The van der Waals surface area contributed by atoms with Gasteiger partial charge >= 0.3 is 5.97 Å². The number of methoxy groups -OCH3 is 1. The molecule has 3 N–H and O–H groups in total. The molecule has 0 bridgehead atoms. The first-order chi connectivity index (χ1) is 12.1. The van der Waals surface area contributed by atoms with Crippen molar-refractivity contribution in [1.29, 1.82) is 0 Å². The van der Waals surface area contributed by atoms with Gasteiger partial charge in [0.15, 0.2) is 5.75 Å². The van der Waals surface area contributed by atoms with Crippen molar-refractivity contribution in [2.24, 2.45) is 0 Å². The summed E-state index contributed by atoms with van der Waals surface area (Å²) in [5, 5.41) is 23.4. The van der Waals surface area contributed by atoms with Gasteiger partial charge in [-0.3, -0.25) is 0 Å². The van der Waals surface area contributed by atoms with Crippen molar-refractivity contribution in [1.82, 2.24) is 0 Å². The number of anilines is 2. The molecule has 5 heteroatoms. The van der Waals surface area contributed by atoms with E-state index in [1.807, 2.05) is 30.3 Å². The van der Waals surface area contributed by atoms with Gasteiger partial charge < -0.3 is 20.3 Å². The molecular weight excluding hydrogens is 318 g/mol. The Labute approximate surface area is 145 Å². The van der Waals surface area contributed by atoms with Crippen molar-refractivity contribution in [3.63, 3.8) is 0 Å². The number of ether oxygens (including phenoxy) is 1. The van der Waals surface area contributed by atoms with Crippen LogP contribution in [0.25, 0.3) is 11.1 Å². The van der Waals surface area contributed by atoms with E-state index in [1.54, 1.807) is 30.3 Å². The van der Waals surface area contributed by atoms with Crippen LogP contribution < -0.4 is 5.32 Å². The predicted octanol–water partition coefficient (Wildman–Crippen LogP) is 4.30. The predicted molar refractivity (Wildman–Crippen MR) is 96.3 cm³/mol. The maximum atomic E-state index is 12.0. The third-order valence-corrected chi connectivity index (χ3v) is 3.80. The number of carbonyl (C=O) groups excluding carboxylic acids is 1. The van der Waals surface area contributed by atoms with E-state index in [4.69, 9.17) is 4.74 Å². The molecule has 126 valence electrons. The number of benzene rings is 3. The summed E-state index contributed by atoms with van der Waals surface area (Å²) in [6.45, 7) is 0. The maximum absolute atomic E-state index is 12.0. The molecule has 0 aromatic heterocycles. The summed E-state index contributed by atoms with van der Waals surface area (Å²) < 4.78 is 4.76. The molecule has 0 saturated heterocycles. The van der Waals surface area contributed by atoms with Gasteiger partial charge in [-0.25, -0.2) is 4.79 Å². The van der Waals surface area contributed by atoms with Gasteiger partial charge in [0.05, 0.1) is 18.5 Å². The number of phenols is 2. The van der Waals surface area contributed by atoms with E-state index in [1.165, 1.54) is 13.2 Å². The number of esters is 1. The highest BCUT2D eigenvalue weighted by atomic mass is 16.5. The monoisotopic (exact) mass is 335 g/mol. The van der Waals surface area contributed by atoms with Crippen LogP contribution in [0, 0.1) is 0 Å². The molecule has 0 spiro atoms. The Balaban J connectivity index is 2.13. The zero-order valence-corrected chi connectivity index (χ0v) is 13.6. The topological polar surface area (TPSA) is 78.8 Å². The normalized spacial score (nSPS) is 10.3. The number of aromatic hydroxyl groups is 2. The molecule has 25 heavy (non-hydrogen) atoms. The molecule has 3 aromatic rings. The van der Waals surface area contributed by atoms with Gasteiger partial charge in [0.2, 0.25) is 0 Å². The molecule has 0 aliphatic heterocycles. The van der Waals surface area contributed by atoms with Crippen molar-refractivity contribution in [2.75, 3.05) is 12.4 Å². The lowest BCUT2D eigenvalue weighted by Gasteiger charge is -2.14. The van der Waals surface area contributed by atoms with Gasteiger partial charge in [-0.2, -0.15) is 0 Å². The summed E-state index contributed by atoms with van der Waals surface area (Å²) in [4.78, 5) is 12.0. The lowest BCUT2D eigenvalue weighted by Crippen LogP contribution is -2.04. The number of phenolic OH excluding ortho intramolecular Hbond substituents is 2. The largest absolute Gasteiger partial charge is 0.506 e. The van der Waals surface area contributed by atoms with Gasteiger partial charge in [0.1, 0.15) is 11.3 Å². The van der Waals surface area contributed by atoms with Crippen LogP contribution in [0.15, 0.2) is 66.7 Å². The first-order valence-electron chi connectivity index (χ1n) is 7.66. The van der Waals surface area contributed by atoms with Gasteiger partial charge in [-0.1, -0.05) is 42.5 Å². The molecule has 3 rings (SSSR count). The van der Waals surface area contributed by atoms with Gasteiger partial charge in [0.25, 0.3) is 0 Å². The van der Waals surface area contributed by atoms with E-state index in [9.17, 15) is 15.0 Å². The summed E-state index contributed by atoms with van der Waals surface area (Å²) in [6, 6.07) is 19.4. The highest BCUT2D eigenvalue weighted by Crippen LogP contribution is 2.37. The van der Waals surface area contributed by atoms with Crippen LogP contribution >= 0.6 is 0 Å². The summed E-state index contributed by atoms with van der Waals surface area (Å²) in [5.74, 6) is -0.850. The molecule has 0 saturated carbocycles. The van der Waals surface area contributed by atoms with Gasteiger partial charge in [0, 0.05) is 0 Å². The first-order valence-corrected chi connectivity index (χ1v) is 7.66. The lowest BCUT2D eigenvalue weighted by molar-refractivity contribution is 0.0597. The molecule has 3 aromatic carbocycles. The van der Waals surface area contributed by atoms with E-state index in [-0.39, 0.29) is 17.1 Å². The summed E-state index contributed by atoms with van der Waals surface area (Å²) in [5.41, 5.74) is 2.37. The van der Waals surface area contributed by atoms with Crippen LogP contribution in [0.2, 0.25) is 0 Å². The lowest BCUT2D eigenvalue weighted by atomic mass is 10.0. The molecule has 0 unspecified atom stereocenters. The summed E-state index contributed by atoms with van der Waals surface area (Å²) in [6.07, 6.45) is 0. The van der Waals surface area contributed by atoms with Crippen LogP contribution in [0.1, 0.15) is 10.4 Å². The minimum atomic E-state index is -0.643. The third kappa shape index (κ3) is 3.40. The fraction of sp³-hybridized carbons (Fsp3) is 0.0500. The Morgan fingerprint density at radius 2 is 1.56 bits per heavy atom. The molecule has 0 atom stereocenters. The summed E-state index contributed by atoms with van der Waals surface area (Å²) in [7, 11) is 1.26. The molecule has 0 radical (unpaired) electrons. The second-order valence-corrected chi connectivity index (χ2v) is 5.42. The minimum absolute atomic E-state index is 0.0339. The van der Waals surface area contributed by atoms with Crippen molar-refractivity contribution >= 4 is 17.3 Å². The van der Waals surface area contributed by atoms with E-state index >= 15 is 0 Å². The fourth-order valence-electron chi connectivity index (χ4n) is 2.52. The molecule has 0 heterocycles. The minimum Gasteiger partial charge on any atom is -0.506 e. The van der Waals surface area contributed by atoms with Crippen molar-refractivity contribution in [2.45, 2.75) is 0 Å². The Kier molecular flexibility index (Phi) is 4.57. The van der Waals surface area contributed by atoms with E-state index in [0.717, 1.165) is 11.1 Å². The number of hydrogen-bond donors (Lipinski definition) is 3. The molecule has 0 aliphatic carbocycles. The number of nitrogens with one attached hydrogen (secondary N) is 1. The first kappa shape index (κ1) is 16.4. The Morgan fingerprint density at radius 1 is 0.880 bits per heavy atom. The van der Waals surface area contributed by atoms with Crippen LogP contribution in [0.5, 0.6) is 11.5 Å². The third-order valence-electron chi connectivity index (χ3n) is 3.80. The zero-order chi connectivity index (χ0) is 17.8. The molecule has 0 aliphatic rings. The van der Waals surface area contributed by atoms with E-state index in [2.05, 4.69) is 5.32 Å². The van der Waals surface area contributed by atoms with Crippen LogP contribution in [0.3, 0.4) is 0 Å². The van der Waals surface area contributed by atoms with Crippen molar-refractivity contribution < 1.29 is 19.7 Å². The summed E-state index contributed by atoms with van der Waals surface area (Å²) >= 11 is 0. The maximum Gasteiger partial charge on any atom is 0.341 e. The van der Waals surface area contributed by atoms with Crippen LogP contribution in [-0.4, -0.2) is 23.3 Å². The second-order valence-electron chi connectivity index (χ2n) is 5.42. The van der Waals surface area contributed by atoms with Crippen molar-refractivity contribution in [3.8, 4) is 22.6 Å². The highest BCUT2D eigenvalue weighted by Gasteiger charge is 2.18. The van der Waals surface area contributed by atoms with Crippen molar-refractivity contribution in [3.05, 3.63) is 72.3 Å². The molecule has 0 amide bonds. The molecular formula is C20H17NO4. The average molecular weight is 335 g/mol. The Bertz CT molecular complexity index is 907. The average Bonchev–Trinajstić information content (AvgIpc) is 2.65. The highest BCUT2D eigenvalue weighted by molar-refractivity contribution is 5.97. The quantitative estimate of drug-likeness (QED) is 0.489. The Morgan fingerprint density at radius 3 is 2.24 bits per heavy atom. The standard InChI is InChI=1S/C20H17NO4/c1-25-20(24)15-11-14(13-7-3-2-4-8-13)12-17(19(15)23)21-16-9-5-6-10-18(16)22/h2-12,21-23H,1H3.